The first-order chi connectivity index (χ1) is 9.43. The largest absolute Gasteiger partial charge is 0.399 e. The van der Waals surface area contributed by atoms with Crippen molar-refractivity contribution in [2.75, 3.05) is 5.73 Å². The maximum atomic E-state index is 11.0. The molecule has 2 aromatic carbocycles. The smallest absolute Gasteiger partial charge is 0.294 e. The minimum absolute atomic E-state index is 0.179. The maximum Gasteiger partial charge on any atom is 0.294 e. The van der Waals surface area contributed by atoms with Crippen LogP contribution in [0.2, 0.25) is 0 Å². The number of aromatic nitrogens is 3. The van der Waals surface area contributed by atoms with Gasteiger partial charge in [0.25, 0.3) is 10.1 Å². The lowest BCUT2D eigenvalue weighted by Gasteiger charge is -2.00. The van der Waals surface area contributed by atoms with E-state index < -0.39 is 10.1 Å². The average Bonchev–Trinajstić information content (AvgIpc) is 2.80. The summed E-state index contributed by atoms with van der Waals surface area (Å²) in [7, 11) is -4.20. The SMILES string of the molecule is Nc1ccc2nn(-c3ccc(S(=O)(=O)O)cc3)nc2c1. The molecule has 1 aromatic heterocycles. The van der Waals surface area contributed by atoms with Gasteiger partial charge in [0.2, 0.25) is 0 Å². The Labute approximate surface area is 114 Å². The molecule has 0 atom stereocenters. The number of benzene rings is 2. The lowest BCUT2D eigenvalue weighted by molar-refractivity contribution is 0.483. The third kappa shape index (κ3) is 2.22. The van der Waals surface area contributed by atoms with Crippen molar-refractivity contribution in [1.82, 2.24) is 15.0 Å². The molecule has 0 aliphatic rings. The van der Waals surface area contributed by atoms with Gasteiger partial charge in [-0.05, 0) is 42.5 Å². The zero-order valence-corrected chi connectivity index (χ0v) is 10.9. The molecule has 0 saturated heterocycles. The number of nitrogens with two attached hydrogens (primary N) is 1. The zero-order chi connectivity index (χ0) is 14.3. The van der Waals surface area contributed by atoms with Crippen LogP contribution in [0, 0.1) is 0 Å². The molecule has 0 radical (unpaired) electrons. The van der Waals surface area contributed by atoms with E-state index in [2.05, 4.69) is 10.2 Å². The van der Waals surface area contributed by atoms with Crippen molar-refractivity contribution < 1.29 is 13.0 Å². The second-order valence-electron chi connectivity index (χ2n) is 4.21. The molecular weight excluding hydrogens is 280 g/mol. The molecule has 20 heavy (non-hydrogen) atoms. The minimum Gasteiger partial charge on any atom is -0.399 e. The fourth-order valence-electron chi connectivity index (χ4n) is 1.80. The van der Waals surface area contributed by atoms with E-state index in [1.807, 2.05) is 0 Å². The highest BCUT2D eigenvalue weighted by Crippen LogP contribution is 2.16. The molecule has 0 saturated carbocycles. The predicted molar refractivity (Wildman–Crippen MR) is 73.1 cm³/mol. The number of hydrogen-bond donors (Lipinski definition) is 2. The van der Waals surface area contributed by atoms with Crippen LogP contribution < -0.4 is 5.73 Å². The predicted octanol–water partition coefficient (Wildman–Crippen LogP) is 1.25. The van der Waals surface area contributed by atoms with Gasteiger partial charge in [-0.2, -0.15) is 13.2 Å². The summed E-state index contributed by atoms with van der Waals surface area (Å²) in [5, 5.41) is 8.50. The Morgan fingerprint density at radius 1 is 1.00 bits per heavy atom. The van der Waals surface area contributed by atoms with Gasteiger partial charge < -0.3 is 5.73 Å². The van der Waals surface area contributed by atoms with Crippen LogP contribution in [-0.2, 0) is 10.1 Å². The molecule has 0 aliphatic heterocycles. The standard InChI is InChI=1S/C12H10N4O3S/c13-8-1-6-11-12(7-8)15-16(14-11)9-2-4-10(5-3-9)20(17,18)19/h1-7H,13H2,(H,17,18,19). The highest BCUT2D eigenvalue weighted by atomic mass is 32.2. The Bertz CT molecular complexity index is 885. The van der Waals surface area contributed by atoms with E-state index in [0.29, 0.717) is 22.4 Å². The van der Waals surface area contributed by atoms with Crippen molar-refractivity contribution in [3.05, 3.63) is 42.5 Å². The van der Waals surface area contributed by atoms with E-state index in [9.17, 15) is 8.42 Å². The molecular formula is C12H10N4O3S. The molecule has 8 heteroatoms. The zero-order valence-electron chi connectivity index (χ0n) is 10.1. The second kappa shape index (κ2) is 4.29. The summed E-state index contributed by atoms with van der Waals surface area (Å²) >= 11 is 0. The van der Waals surface area contributed by atoms with Crippen LogP contribution in [0.4, 0.5) is 5.69 Å². The van der Waals surface area contributed by atoms with Crippen LogP contribution >= 0.6 is 0 Å². The third-order valence-corrected chi connectivity index (χ3v) is 3.64. The second-order valence-corrected chi connectivity index (χ2v) is 5.63. The van der Waals surface area contributed by atoms with Crippen LogP contribution in [0.5, 0.6) is 0 Å². The van der Waals surface area contributed by atoms with Crippen molar-refractivity contribution in [1.29, 1.82) is 0 Å². The van der Waals surface area contributed by atoms with Gasteiger partial charge in [-0.15, -0.1) is 10.2 Å². The van der Waals surface area contributed by atoms with Crippen LogP contribution in [0.25, 0.3) is 16.7 Å². The van der Waals surface area contributed by atoms with Gasteiger partial charge in [0.15, 0.2) is 0 Å². The first-order valence-electron chi connectivity index (χ1n) is 5.64. The maximum absolute atomic E-state index is 11.0. The average molecular weight is 290 g/mol. The van der Waals surface area contributed by atoms with Gasteiger partial charge in [-0.25, -0.2) is 0 Å². The molecule has 0 amide bonds. The Morgan fingerprint density at radius 2 is 1.65 bits per heavy atom. The number of rotatable bonds is 2. The van der Waals surface area contributed by atoms with Gasteiger partial charge in [0.1, 0.15) is 11.0 Å². The number of nitrogen functional groups attached to an aromatic ring is 1. The Kier molecular flexibility index (Phi) is 2.70. The molecule has 102 valence electrons. The van der Waals surface area contributed by atoms with E-state index >= 15 is 0 Å². The summed E-state index contributed by atoms with van der Waals surface area (Å²) in [4.78, 5) is 1.19. The molecule has 0 fully saturated rings. The molecule has 3 aromatic rings. The summed E-state index contributed by atoms with van der Waals surface area (Å²) in [5.41, 5.74) is 8.15. The first kappa shape index (κ1) is 12.6. The van der Waals surface area contributed by atoms with Crippen molar-refractivity contribution >= 4 is 26.8 Å². The summed E-state index contributed by atoms with van der Waals surface area (Å²) in [5.74, 6) is 0. The quantitative estimate of drug-likeness (QED) is 0.542. The van der Waals surface area contributed by atoms with Gasteiger partial charge in [0.05, 0.1) is 10.6 Å². The Hall–Kier alpha value is -2.45. The normalized spacial score (nSPS) is 11.8. The monoisotopic (exact) mass is 290 g/mol. The Balaban J connectivity index is 2.07. The molecule has 0 spiro atoms. The highest BCUT2D eigenvalue weighted by molar-refractivity contribution is 7.85. The van der Waals surface area contributed by atoms with E-state index in [1.54, 1.807) is 18.2 Å². The van der Waals surface area contributed by atoms with Gasteiger partial charge in [-0.1, -0.05) is 0 Å². The molecule has 3 N–H and O–H groups in total. The van der Waals surface area contributed by atoms with E-state index in [-0.39, 0.29) is 4.90 Å². The lowest BCUT2D eigenvalue weighted by atomic mass is 10.3. The van der Waals surface area contributed by atoms with Crippen LogP contribution in [0.15, 0.2) is 47.4 Å². The highest BCUT2D eigenvalue weighted by Gasteiger charge is 2.10. The summed E-state index contributed by atoms with van der Waals surface area (Å²) in [6.07, 6.45) is 0. The van der Waals surface area contributed by atoms with Gasteiger partial charge in [-0.3, -0.25) is 4.55 Å². The van der Waals surface area contributed by atoms with E-state index in [0.717, 1.165) is 0 Å². The topological polar surface area (TPSA) is 111 Å². The molecule has 1 heterocycles. The molecule has 0 bridgehead atoms. The molecule has 3 rings (SSSR count). The number of fused-ring (bicyclic) bond motifs is 1. The van der Waals surface area contributed by atoms with Crippen molar-refractivity contribution in [3.63, 3.8) is 0 Å². The van der Waals surface area contributed by atoms with E-state index in [4.69, 9.17) is 10.3 Å². The van der Waals surface area contributed by atoms with Gasteiger partial charge in [0, 0.05) is 5.69 Å². The summed E-state index contributed by atoms with van der Waals surface area (Å²) < 4.78 is 30.8. The van der Waals surface area contributed by atoms with Crippen LogP contribution in [-0.4, -0.2) is 28.0 Å². The minimum atomic E-state index is -4.20. The van der Waals surface area contributed by atoms with Crippen molar-refractivity contribution in [2.45, 2.75) is 4.90 Å². The van der Waals surface area contributed by atoms with Crippen molar-refractivity contribution in [2.24, 2.45) is 0 Å². The first-order valence-corrected chi connectivity index (χ1v) is 7.08. The third-order valence-electron chi connectivity index (χ3n) is 2.77. The van der Waals surface area contributed by atoms with Crippen LogP contribution in [0.3, 0.4) is 0 Å². The van der Waals surface area contributed by atoms with Crippen LogP contribution in [0.1, 0.15) is 0 Å². The summed E-state index contributed by atoms with van der Waals surface area (Å²) in [6, 6.07) is 10.8. The lowest BCUT2D eigenvalue weighted by Crippen LogP contribution is -2.01. The number of hydrogen-bond acceptors (Lipinski definition) is 5. The summed E-state index contributed by atoms with van der Waals surface area (Å²) in [6.45, 7) is 0. The number of anilines is 1. The van der Waals surface area contributed by atoms with Crippen molar-refractivity contribution in [3.8, 4) is 5.69 Å². The number of nitrogens with zero attached hydrogens (tertiary/aromatic N) is 3. The fourth-order valence-corrected chi connectivity index (χ4v) is 2.28. The molecule has 0 aliphatic carbocycles. The Morgan fingerprint density at radius 3 is 2.30 bits per heavy atom. The molecule has 7 nitrogen and oxygen atoms in total. The fraction of sp³-hybridized carbons (Fsp3) is 0. The van der Waals surface area contributed by atoms with E-state index in [1.165, 1.54) is 29.1 Å². The molecule has 0 unspecified atom stereocenters. The van der Waals surface area contributed by atoms with Gasteiger partial charge >= 0.3 is 0 Å².